The summed E-state index contributed by atoms with van der Waals surface area (Å²) in [6.45, 7) is 12.1. The second-order valence-corrected chi connectivity index (χ2v) is 9.51. The van der Waals surface area contributed by atoms with Gasteiger partial charge in [0.05, 0.1) is 13.2 Å². The fraction of sp³-hybridized carbons (Fsp3) is 0.955. The lowest BCUT2D eigenvalue weighted by atomic mass is 9.84. The van der Waals surface area contributed by atoms with Gasteiger partial charge in [-0.25, -0.2) is 0 Å². The summed E-state index contributed by atoms with van der Waals surface area (Å²) in [5.74, 6) is 1.11. The summed E-state index contributed by atoms with van der Waals surface area (Å²) < 4.78 is 5.54. The minimum atomic E-state index is 0.298. The summed E-state index contributed by atoms with van der Waals surface area (Å²) in [4.78, 5) is 15.1. The minimum Gasteiger partial charge on any atom is -0.379 e. The van der Waals surface area contributed by atoms with Crippen LogP contribution in [-0.4, -0.2) is 123 Å². The molecule has 4 heterocycles. The maximum Gasteiger partial charge on any atom is 0.193 e. The van der Waals surface area contributed by atoms with Gasteiger partial charge >= 0.3 is 0 Å². The normalized spacial score (nSPS) is 30.6. The van der Waals surface area contributed by atoms with Crippen molar-refractivity contribution in [1.29, 1.82) is 0 Å². The molecule has 0 aromatic heterocycles. The molecular weight excluding hydrogens is 364 g/mol. The van der Waals surface area contributed by atoms with Crippen LogP contribution < -0.4 is 5.32 Å². The first kappa shape index (κ1) is 21.3. The molecule has 0 saturated carbocycles. The number of guanidine groups is 1. The number of nitrogens with one attached hydrogen (secondary N) is 1. The van der Waals surface area contributed by atoms with Crippen molar-refractivity contribution in [3.63, 3.8) is 0 Å². The Balaban J connectivity index is 1.35. The Labute approximate surface area is 177 Å². The number of aliphatic imine (C=N–C) groups is 1. The summed E-state index contributed by atoms with van der Waals surface area (Å²) >= 11 is 0. The molecule has 0 radical (unpaired) electrons. The van der Waals surface area contributed by atoms with Crippen LogP contribution in [0.25, 0.3) is 0 Å². The highest BCUT2D eigenvalue weighted by molar-refractivity contribution is 5.80. The van der Waals surface area contributed by atoms with Crippen molar-refractivity contribution in [3.8, 4) is 0 Å². The molecule has 4 aliphatic heterocycles. The third kappa shape index (κ3) is 5.06. The molecule has 0 aromatic carbocycles. The monoisotopic (exact) mass is 406 g/mol. The lowest BCUT2D eigenvalue weighted by Gasteiger charge is -2.50. The van der Waals surface area contributed by atoms with Gasteiger partial charge < -0.3 is 19.9 Å². The van der Waals surface area contributed by atoms with E-state index >= 15 is 0 Å². The van der Waals surface area contributed by atoms with Crippen molar-refractivity contribution in [2.45, 2.75) is 50.1 Å². The average molecular weight is 407 g/mol. The first-order chi connectivity index (χ1) is 14.2. The number of rotatable bonds is 4. The van der Waals surface area contributed by atoms with E-state index in [2.05, 4.69) is 37.0 Å². The molecule has 0 bridgehead atoms. The quantitative estimate of drug-likeness (QED) is 0.553. The predicted octanol–water partition coefficient (Wildman–Crippen LogP) is 0.919. The molecule has 29 heavy (non-hydrogen) atoms. The maximum atomic E-state index is 5.54. The van der Waals surface area contributed by atoms with Crippen LogP contribution in [0.2, 0.25) is 0 Å². The molecule has 0 aromatic rings. The van der Waals surface area contributed by atoms with Gasteiger partial charge in [-0.2, -0.15) is 0 Å². The topological polar surface area (TPSA) is 46.6 Å². The largest absolute Gasteiger partial charge is 0.379 e. The zero-order valence-corrected chi connectivity index (χ0v) is 18.7. The third-order valence-corrected chi connectivity index (χ3v) is 7.76. The van der Waals surface area contributed by atoms with E-state index in [0.29, 0.717) is 11.6 Å². The Hall–Kier alpha value is -0.890. The highest BCUT2D eigenvalue weighted by Gasteiger charge is 2.40. The molecule has 7 nitrogen and oxygen atoms in total. The molecule has 1 unspecified atom stereocenters. The Kier molecular flexibility index (Phi) is 7.32. The molecule has 7 heteroatoms. The van der Waals surface area contributed by atoms with Gasteiger partial charge in [-0.3, -0.25) is 14.8 Å². The van der Waals surface area contributed by atoms with Crippen LogP contribution in [0.1, 0.15) is 38.5 Å². The molecule has 4 fully saturated rings. The highest BCUT2D eigenvalue weighted by atomic mass is 16.5. The predicted molar refractivity (Wildman–Crippen MR) is 119 cm³/mol. The molecule has 4 rings (SSSR count). The SMILES string of the molecule is CN=C(NCC1(N2CCCCC2)CCN(C)CC1)N1CCC(N2CCOCC2)C1. The smallest absolute Gasteiger partial charge is 0.193 e. The molecule has 0 aliphatic carbocycles. The third-order valence-electron chi connectivity index (χ3n) is 7.76. The summed E-state index contributed by atoms with van der Waals surface area (Å²) in [5, 5.41) is 3.83. The number of nitrogens with zero attached hydrogens (tertiary/aromatic N) is 5. The molecule has 1 N–H and O–H groups in total. The summed E-state index contributed by atoms with van der Waals surface area (Å²) in [7, 11) is 4.22. The number of hydrogen-bond acceptors (Lipinski definition) is 5. The molecule has 0 amide bonds. The van der Waals surface area contributed by atoms with E-state index in [9.17, 15) is 0 Å². The maximum absolute atomic E-state index is 5.54. The van der Waals surface area contributed by atoms with Crippen LogP contribution in [0.3, 0.4) is 0 Å². The zero-order chi connectivity index (χ0) is 20.1. The number of likely N-dealkylation sites (tertiary alicyclic amines) is 3. The van der Waals surface area contributed by atoms with Crippen molar-refractivity contribution in [1.82, 2.24) is 24.9 Å². The van der Waals surface area contributed by atoms with Crippen LogP contribution in [0.4, 0.5) is 0 Å². The van der Waals surface area contributed by atoms with E-state index in [1.807, 2.05) is 7.05 Å². The fourth-order valence-electron chi connectivity index (χ4n) is 5.76. The fourth-order valence-corrected chi connectivity index (χ4v) is 5.76. The molecular formula is C22H42N6O. The van der Waals surface area contributed by atoms with Gasteiger partial charge in [0, 0.05) is 51.4 Å². The van der Waals surface area contributed by atoms with E-state index in [0.717, 1.165) is 51.9 Å². The number of hydrogen-bond donors (Lipinski definition) is 1. The van der Waals surface area contributed by atoms with Crippen LogP contribution in [0.15, 0.2) is 4.99 Å². The Morgan fingerprint density at radius 1 is 1.00 bits per heavy atom. The van der Waals surface area contributed by atoms with Crippen molar-refractivity contribution in [2.75, 3.05) is 86.2 Å². The number of piperidine rings is 2. The Morgan fingerprint density at radius 3 is 2.41 bits per heavy atom. The van der Waals surface area contributed by atoms with Gasteiger partial charge in [0.2, 0.25) is 0 Å². The van der Waals surface area contributed by atoms with Gasteiger partial charge in [-0.1, -0.05) is 6.42 Å². The zero-order valence-electron chi connectivity index (χ0n) is 18.7. The Morgan fingerprint density at radius 2 is 1.72 bits per heavy atom. The van der Waals surface area contributed by atoms with Crippen molar-refractivity contribution >= 4 is 5.96 Å². The second kappa shape index (κ2) is 9.94. The van der Waals surface area contributed by atoms with Crippen LogP contribution in [0, 0.1) is 0 Å². The van der Waals surface area contributed by atoms with Crippen molar-refractivity contribution < 1.29 is 4.74 Å². The van der Waals surface area contributed by atoms with Gasteiger partial charge in [-0.15, -0.1) is 0 Å². The minimum absolute atomic E-state index is 0.298. The van der Waals surface area contributed by atoms with Gasteiger partial charge in [0.25, 0.3) is 0 Å². The van der Waals surface area contributed by atoms with E-state index < -0.39 is 0 Å². The summed E-state index contributed by atoms with van der Waals surface area (Å²) in [6, 6.07) is 0.650. The standard InChI is InChI=1S/C22H42N6O/c1-23-21(27-11-6-20(18-27)26-14-16-29-17-15-26)24-19-22(7-12-25(2)13-8-22)28-9-4-3-5-10-28/h20H,3-19H2,1-2H3,(H,23,24). The number of morpholine rings is 1. The lowest BCUT2D eigenvalue weighted by molar-refractivity contribution is 0.0164. The molecule has 4 saturated heterocycles. The molecule has 4 aliphatic rings. The summed E-state index contributed by atoms with van der Waals surface area (Å²) in [5.41, 5.74) is 0.298. The van der Waals surface area contributed by atoms with E-state index in [4.69, 9.17) is 4.74 Å². The number of ether oxygens (including phenoxy) is 1. The van der Waals surface area contributed by atoms with Gasteiger partial charge in [-0.05, 0) is 65.3 Å². The summed E-state index contributed by atoms with van der Waals surface area (Å²) in [6.07, 6.45) is 7.90. The van der Waals surface area contributed by atoms with Crippen LogP contribution in [-0.2, 0) is 4.74 Å². The highest BCUT2D eigenvalue weighted by Crippen LogP contribution is 2.31. The Bertz CT molecular complexity index is 535. The molecule has 0 spiro atoms. The van der Waals surface area contributed by atoms with Crippen LogP contribution >= 0.6 is 0 Å². The van der Waals surface area contributed by atoms with E-state index in [1.165, 1.54) is 64.7 Å². The van der Waals surface area contributed by atoms with E-state index in [1.54, 1.807) is 0 Å². The lowest BCUT2D eigenvalue weighted by Crippen LogP contribution is -2.62. The van der Waals surface area contributed by atoms with Gasteiger partial charge in [0.1, 0.15) is 0 Å². The van der Waals surface area contributed by atoms with Crippen molar-refractivity contribution in [2.24, 2.45) is 4.99 Å². The first-order valence-electron chi connectivity index (χ1n) is 11.9. The van der Waals surface area contributed by atoms with Crippen molar-refractivity contribution in [3.05, 3.63) is 0 Å². The second-order valence-electron chi connectivity index (χ2n) is 9.51. The van der Waals surface area contributed by atoms with Crippen LogP contribution in [0.5, 0.6) is 0 Å². The molecule has 166 valence electrons. The first-order valence-corrected chi connectivity index (χ1v) is 11.9. The van der Waals surface area contributed by atoms with Gasteiger partial charge in [0.15, 0.2) is 5.96 Å². The molecule has 1 atom stereocenters. The van der Waals surface area contributed by atoms with E-state index in [-0.39, 0.29) is 0 Å². The average Bonchev–Trinajstić information content (AvgIpc) is 3.27.